The van der Waals surface area contributed by atoms with Crippen molar-refractivity contribution in [1.29, 1.82) is 5.41 Å². The molecule has 1 N–H and O–H groups in total. The lowest BCUT2D eigenvalue weighted by Gasteiger charge is -2.24. The second-order valence-electron chi connectivity index (χ2n) is 8.12. The van der Waals surface area contributed by atoms with Crippen LogP contribution in [0.3, 0.4) is 0 Å². The lowest BCUT2D eigenvalue weighted by molar-refractivity contribution is 0.610. The van der Waals surface area contributed by atoms with Crippen LogP contribution in [0.2, 0.25) is 0 Å². The van der Waals surface area contributed by atoms with Crippen LogP contribution in [0.15, 0.2) is 44.9 Å². The van der Waals surface area contributed by atoms with Crippen molar-refractivity contribution >= 4 is 28.9 Å². The van der Waals surface area contributed by atoms with Crippen LogP contribution >= 0.6 is 11.8 Å². The maximum Gasteiger partial charge on any atom is 0.0693 e. The van der Waals surface area contributed by atoms with Gasteiger partial charge >= 0.3 is 0 Å². The van der Waals surface area contributed by atoms with Gasteiger partial charge in [0.15, 0.2) is 0 Å². The minimum Gasteiger partial charge on any atom is -0.308 e. The molecule has 0 saturated heterocycles. The van der Waals surface area contributed by atoms with E-state index in [1.54, 1.807) is 0 Å². The molecule has 2 aliphatic carbocycles. The van der Waals surface area contributed by atoms with E-state index in [4.69, 9.17) is 15.4 Å². The van der Waals surface area contributed by atoms with Gasteiger partial charge in [0.05, 0.1) is 11.3 Å². The Morgan fingerprint density at radius 2 is 2.11 bits per heavy atom. The van der Waals surface area contributed by atoms with Crippen LogP contribution in [0.25, 0.3) is 0 Å². The molecule has 0 amide bonds. The van der Waals surface area contributed by atoms with Crippen LogP contribution in [0, 0.1) is 11.3 Å². The van der Waals surface area contributed by atoms with Gasteiger partial charge in [-0.3, -0.25) is 9.98 Å². The summed E-state index contributed by atoms with van der Waals surface area (Å²) in [6, 6.07) is 0.267. The molecule has 1 aliphatic heterocycles. The third kappa shape index (κ3) is 4.53. The van der Waals surface area contributed by atoms with E-state index in [-0.39, 0.29) is 11.3 Å². The predicted octanol–water partition coefficient (Wildman–Crippen LogP) is 5.82. The molecule has 0 aromatic rings. The van der Waals surface area contributed by atoms with Crippen molar-refractivity contribution in [2.45, 2.75) is 76.8 Å². The highest BCUT2D eigenvalue weighted by Crippen LogP contribution is 2.45. The van der Waals surface area contributed by atoms with E-state index in [9.17, 15) is 0 Å². The zero-order valence-corrected chi connectivity index (χ0v) is 18.2. The Labute approximate surface area is 168 Å². The van der Waals surface area contributed by atoms with Crippen molar-refractivity contribution in [3.8, 4) is 0 Å². The average molecular weight is 384 g/mol. The number of hydrogen-bond acceptors (Lipinski definition) is 4. The van der Waals surface area contributed by atoms with Crippen LogP contribution in [-0.2, 0) is 0 Å². The number of nitrogens with zero attached hydrogens (tertiary/aromatic N) is 2. The van der Waals surface area contributed by atoms with Crippen molar-refractivity contribution in [1.82, 2.24) is 0 Å². The van der Waals surface area contributed by atoms with E-state index in [0.717, 1.165) is 31.5 Å². The summed E-state index contributed by atoms with van der Waals surface area (Å²) >= 11 is 1.96. The fourth-order valence-electron chi connectivity index (χ4n) is 4.25. The summed E-state index contributed by atoms with van der Waals surface area (Å²) in [5, 5.41) is 8.88. The molecule has 3 aliphatic rings. The molecule has 3 nitrogen and oxygen atoms in total. The third-order valence-corrected chi connectivity index (χ3v) is 7.62. The van der Waals surface area contributed by atoms with Gasteiger partial charge in [0.2, 0.25) is 0 Å². The number of fused-ring (bicyclic) bond motifs is 1. The highest BCUT2D eigenvalue weighted by atomic mass is 32.2. The number of rotatable bonds is 5. The summed E-state index contributed by atoms with van der Waals surface area (Å²) < 4.78 is 0. The summed E-state index contributed by atoms with van der Waals surface area (Å²) in [6.45, 7) is 11.7. The van der Waals surface area contributed by atoms with Crippen LogP contribution < -0.4 is 0 Å². The van der Waals surface area contributed by atoms with E-state index in [1.165, 1.54) is 34.6 Å². The zero-order valence-electron chi connectivity index (χ0n) is 17.4. The molecule has 0 aromatic carbocycles. The van der Waals surface area contributed by atoms with Crippen molar-refractivity contribution in [2.24, 2.45) is 15.9 Å². The smallest absolute Gasteiger partial charge is 0.0693 e. The number of nitrogens with one attached hydrogen (secondary N) is 1. The van der Waals surface area contributed by atoms with Crippen LogP contribution in [0.1, 0.15) is 60.3 Å². The molecule has 4 atom stereocenters. The summed E-state index contributed by atoms with van der Waals surface area (Å²) in [4.78, 5) is 9.75. The van der Waals surface area contributed by atoms with E-state index < -0.39 is 0 Å². The van der Waals surface area contributed by atoms with Gasteiger partial charge in [-0.05, 0) is 63.7 Å². The predicted molar refractivity (Wildman–Crippen MR) is 121 cm³/mol. The average Bonchev–Trinajstić information content (AvgIpc) is 2.97. The summed E-state index contributed by atoms with van der Waals surface area (Å²) in [5.41, 5.74) is 7.42. The molecule has 0 fully saturated rings. The molecule has 4 heteroatoms. The number of aliphatic imine (C=N–C) groups is 2. The SMILES string of the molecule is CCCN=C1C=CC(N=C(C)C2=CC3=C(C)C(C(C)=N)SC3CC2)CC1C. The van der Waals surface area contributed by atoms with E-state index in [2.05, 4.69) is 45.9 Å². The van der Waals surface area contributed by atoms with Gasteiger partial charge in [0, 0.05) is 34.8 Å². The van der Waals surface area contributed by atoms with Crippen LogP contribution in [-0.4, -0.2) is 40.2 Å². The second-order valence-corrected chi connectivity index (χ2v) is 9.43. The van der Waals surface area contributed by atoms with Gasteiger partial charge < -0.3 is 5.41 Å². The van der Waals surface area contributed by atoms with Gasteiger partial charge in [-0.15, -0.1) is 11.8 Å². The molecule has 3 rings (SSSR count). The molecule has 0 radical (unpaired) electrons. The Morgan fingerprint density at radius 3 is 2.78 bits per heavy atom. The maximum absolute atomic E-state index is 8.04. The first kappa shape index (κ1) is 20.3. The highest BCUT2D eigenvalue weighted by molar-refractivity contribution is 8.01. The Morgan fingerprint density at radius 1 is 1.33 bits per heavy atom. The normalized spacial score (nSPS) is 32.7. The highest BCUT2D eigenvalue weighted by Gasteiger charge is 2.34. The minimum atomic E-state index is 0.267. The maximum atomic E-state index is 8.04. The van der Waals surface area contributed by atoms with Crippen LogP contribution in [0.4, 0.5) is 0 Å². The molecule has 0 spiro atoms. The topological polar surface area (TPSA) is 48.6 Å². The van der Waals surface area contributed by atoms with Crippen molar-refractivity contribution in [2.75, 3.05) is 6.54 Å². The molecular formula is C23H33N3S. The molecule has 1 heterocycles. The molecule has 27 heavy (non-hydrogen) atoms. The fourth-order valence-corrected chi connectivity index (χ4v) is 5.77. The number of thioether (sulfide) groups is 1. The number of allylic oxidation sites excluding steroid dienone is 3. The van der Waals surface area contributed by atoms with E-state index >= 15 is 0 Å². The monoisotopic (exact) mass is 383 g/mol. The molecule has 0 saturated carbocycles. The van der Waals surface area contributed by atoms with Crippen molar-refractivity contribution in [3.05, 3.63) is 34.9 Å². The Kier molecular flexibility index (Phi) is 6.56. The standard InChI is InChI=1S/C23H33N3S/c1-6-11-25-21-9-8-19(12-14(21)2)26-17(5)18-7-10-22-20(13-18)15(3)23(27-22)16(4)24/h8-9,13-14,19,22-24H,6-7,10-12H2,1-5H3. The zero-order chi connectivity index (χ0) is 19.6. The van der Waals surface area contributed by atoms with Gasteiger partial charge in [0.25, 0.3) is 0 Å². The summed E-state index contributed by atoms with van der Waals surface area (Å²) in [5.74, 6) is 0.486. The minimum absolute atomic E-state index is 0.267. The van der Waals surface area contributed by atoms with E-state index in [0.29, 0.717) is 11.2 Å². The van der Waals surface area contributed by atoms with Gasteiger partial charge in [-0.1, -0.05) is 31.6 Å². The van der Waals surface area contributed by atoms with Gasteiger partial charge in [0.1, 0.15) is 0 Å². The Bertz CT molecular complexity index is 754. The van der Waals surface area contributed by atoms with Crippen molar-refractivity contribution in [3.63, 3.8) is 0 Å². The lowest BCUT2D eigenvalue weighted by atomic mass is 9.88. The first-order valence-electron chi connectivity index (χ1n) is 10.3. The summed E-state index contributed by atoms with van der Waals surface area (Å²) in [6.07, 6.45) is 11.2. The molecule has 0 bridgehead atoms. The molecular weight excluding hydrogens is 350 g/mol. The quantitative estimate of drug-likeness (QED) is 0.597. The molecule has 0 aromatic heterocycles. The Hall–Kier alpha value is -1.42. The van der Waals surface area contributed by atoms with Crippen LogP contribution in [0.5, 0.6) is 0 Å². The third-order valence-electron chi connectivity index (χ3n) is 5.83. The van der Waals surface area contributed by atoms with Crippen molar-refractivity contribution < 1.29 is 0 Å². The lowest BCUT2D eigenvalue weighted by Crippen LogP contribution is -2.22. The Balaban J connectivity index is 1.76. The first-order chi connectivity index (χ1) is 12.9. The largest absolute Gasteiger partial charge is 0.308 e. The molecule has 4 unspecified atom stereocenters. The molecule has 146 valence electrons. The first-order valence-corrected chi connectivity index (χ1v) is 11.2. The van der Waals surface area contributed by atoms with E-state index in [1.807, 2.05) is 18.7 Å². The summed E-state index contributed by atoms with van der Waals surface area (Å²) in [7, 11) is 0. The number of hydrogen-bond donors (Lipinski definition) is 1. The second kappa shape index (κ2) is 8.72. The van der Waals surface area contributed by atoms with Gasteiger partial charge in [-0.25, -0.2) is 0 Å². The van der Waals surface area contributed by atoms with Gasteiger partial charge in [-0.2, -0.15) is 0 Å². The fraction of sp³-hybridized carbons (Fsp3) is 0.609.